The SMILES string of the molecule is CS(=O)(=O)N1CCC(CNC(=O)C2(c3cccc(C(F)(F)F)c3)CCOCC2)CC1. The van der Waals surface area contributed by atoms with Crippen molar-refractivity contribution < 1.29 is 31.1 Å². The van der Waals surface area contributed by atoms with Gasteiger partial charge in [0.25, 0.3) is 0 Å². The van der Waals surface area contributed by atoms with Gasteiger partial charge >= 0.3 is 6.18 Å². The molecule has 3 rings (SSSR count). The first-order chi connectivity index (χ1) is 14.0. The second-order valence-electron chi connectivity index (χ2n) is 8.09. The molecule has 6 nitrogen and oxygen atoms in total. The number of nitrogens with one attached hydrogen (secondary N) is 1. The molecule has 2 heterocycles. The van der Waals surface area contributed by atoms with Crippen LogP contribution in [0.3, 0.4) is 0 Å². The van der Waals surface area contributed by atoms with E-state index in [1.807, 2.05) is 0 Å². The number of amides is 1. The number of hydrogen-bond acceptors (Lipinski definition) is 4. The molecule has 1 aromatic carbocycles. The molecule has 0 aliphatic carbocycles. The van der Waals surface area contributed by atoms with Gasteiger partial charge in [0, 0.05) is 32.8 Å². The van der Waals surface area contributed by atoms with Crippen molar-refractivity contribution in [2.45, 2.75) is 37.3 Å². The lowest BCUT2D eigenvalue weighted by Gasteiger charge is -2.37. The van der Waals surface area contributed by atoms with E-state index in [1.165, 1.54) is 16.6 Å². The highest BCUT2D eigenvalue weighted by Crippen LogP contribution is 2.38. The first kappa shape index (κ1) is 23.0. The number of carbonyl (C=O) groups is 1. The van der Waals surface area contributed by atoms with Crippen molar-refractivity contribution in [2.75, 3.05) is 39.1 Å². The molecule has 1 N–H and O–H groups in total. The summed E-state index contributed by atoms with van der Waals surface area (Å²) in [4.78, 5) is 13.2. The van der Waals surface area contributed by atoms with Crippen LogP contribution in [0.5, 0.6) is 0 Å². The van der Waals surface area contributed by atoms with Gasteiger partial charge in [-0.25, -0.2) is 12.7 Å². The number of hydrogen-bond donors (Lipinski definition) is 1. The molecule has 168 valence electrons. The van der Waals surface area contributed by atoms with Gasteiger partial charge in [0.2, 0.25) is 15.9 Å². The molecule has 0 radical (unpaired) electrons. The van der Waals surface area contributed by atoms with E-state index in [2.05, 4.69) is 5.32 Å². The Morgan fingerprint density at radius 2 is 1.87 bits per heavy atom. The van der Waals surface area contributed by atoms with Crippen LogP contribution in [-0.4, -0.2) is 57.7 Å². The first-order valence-electron chi connectivity index (χ1n) is 10.0. The van der Waals surface area contributed by atoms with Crippen molar-refractivity contribution in [1.29, 1.82) is 0 Å². The number of sulfonamides is 1. The third kappa shape index (κ3) is 5.15. The number of benzene rings is 1. The van der Waals surface area contributed by atoms with Crippen LogP contribution in [0, 0.1) is 5.92 Å². The van der Waals surface area contributed by atoms with Gasteiger partial charge in [-0.2, -0.15) is 13.2 Å². The number of carbonyl (C=O) groups excluding carboxylic acids is 1. The molecule has 10 heteroatoms. The van der Waals surface area contributed by atoms with Gasteiger partial charge in [0.1, 0.15) is 0 Å². The Balaban J connectivity index is 1.71. The number of piperidine rings is 1. The van der Waals surface area contributed by atoms with Crippen LogP contribution in [0.4, 0.5) is 13.2 Å². The number of rotatable bonds is 5. The molecule has 0 aromatic heterocycles. The quantitative estimate of drug-likeness (QED) is 0.751. The Morgan fingerprint density at radius 1 is 1.23 bits per heavy atom. The second-order valence-corrected chi connectivity index (χ2v) is 10.1. The lowest BCUT2D eigenvalue weighted by Crippen LogP contribution is -2.50. The third-order valence-electron chi connectivity index (χ3n) is 6.12. The van der Waals surface area contributed by atoms with E-state index in [9.17, 15) is 26.4 Å². The number of nitrogens with zero attached hydrogens (tertiary/aromatic N) is 1. The molecule has 1 amide bonds. The van der Waals surface area contributed by atoms with Gasteiger partial charge < -0.3 is 10.1 Å². The number of alkyl halides is 3. The summed E-state index contributed by atoms with van der Waals surface area (Å²) in [5.41, 5.74) is -1.48. The predicted molar refractivity (Wildman–Crippen MR) is 105 cm³/mol. The summed E-state index contributed by atoms with van der Waals surface area (Å²) < 4.78 is 69.6. The topological polar surface area (TPSA) is 75.7 Å². The predicted octanol–water partition coefficient (Wildman–Crippen LogP) is 2.54. The maximum Gasteiger partial charge on any atom is 0.416 e. The van der Waals surface area contributed by atoms with Crippen LogP contribution in [0.25, 0.3) is 0 Å². The number of halogens is 3. The van der Waals surface area contributed by atoms with Crippen LogP contribution in [0.15, 0.2) is 24.3 Å². The molecule has 2 saturated heterocycles. The largest absolute Gasteiger partial charge is 0.416 e. The van der Waals surface area contributed by atoms with Crippen LogP contribution in [0.2, 0.25) is 0 Å². The molecule has 0 spiro atoms. The lowest BCUT2D eigenvalue weighted by molar-refractivity contribution is -0.138. The second kappa shape index (κ2) is 8.84. The molecule has 0 saturated carbocycles. The summed E-state index contributed by atoms with van der Waals surface area (Å²) in [5, 5.41) is 2.93. The third-order valence-corrected chi connectivity index (χ3v) is 7.42. The highest BCUT2D eigenvalue weighted by atomic mass is 32.2. The average Bonchev–Trinajstić information content (AvgIpc) is 2.71. The normalized spacial score (nSPS) is 21.3. The van der Waals surface area contributed by atoms with Crippen molar-refractivity contribution in [1.82, 2.24) is 9.62 Å². The minimum absolute atomic E-state index is 0.130. The summed E-state index contributed by atoms with van der Waals surface area (Å²) >= 11 is 0. The minimum Gasteiger partial charge on any atom is -0.381 e. The Kier molecular flexibility index (Phi) is 6.78. The van der Waals surface area contributed by atoms with Crippen molar-refractivity contribution in [3.05, 3.63) is 35.4 Å². The van der Waals surface area contributed by atoms with E-state index in [4.69, 9.17) is 4.74 Å². The molecule has 2 aliphatic rings. The minimum atomic E-state index is -4.48. The van der Waals surface area contributed by atoms with E-state index in [0.717, 1.165) is 12.1 Å². The monoisotopic (exact) mass is 448 g/mol. The molecule has 0 bridgehead atoms. The number of ether oxygens (including phenoxy) is 1. The first-order valence-corrected chi connectivity index (χ1v) is 11.9. The summed E-state index contributed by atoms with van der Waals surface area (Å²) in [5.74, 6) is -0.166. The standard InChI is InChI=1S/C20H27F3N2O4S/c1-30(27,28)25-9-5-15(6-10-25)14-24-18(26)19(7-11-29-12-8-19)16-3-2-4-17(13-16)20(21,22)23/h2-4,13,15H,5-12,14H2,1H3,(H,24,26). The van der Waals surface area contributed by atoms with E-state index in [1.54, 1.807) is 6.07 Å². The Labute approximate surface area is 174 Å². The smallest absolute Gasteiger partial charge is 0.381 e. The van der Waals surface area contributed by atoms with Crippen LogP contribution >= 0.6 is 0 Å². The molecule has 0 atom stereocenters. The molecule has 2 aliphatic heterocycles. The fourth-order valence-corrected chi connectivity index (χ4v) is 5.09. The van der Waals surface area contributed by atoms with E-state index in [0.29, 0.717) is 64.1 Å². The van der Waals surface area contributed by atoms with E-state index in [-0.39, 0.29) is 11.8 Å². The molecule has 2 fully saturated rings. The summed E-state index contributed by atoms with van der Waals surface area (Å²) in [6, 6.07) is 4.98. The molecule has 30 heavy (non-hydrogen) atoms. The van der Waals surface area contributed by atoms with Gasteiger partial charge in [-0.05, 0) is 43.2 Å². The fourth-order valence-electron chi connectivity index (χ4n) is 4.21. The average molecular weight is 449 g/mol. The van der Waals surface area contributed by atoms with Crippen LogP contribution in [-0.2, 0) is 31.1 Å². The lowest BCUT2D eigenvalue weighted by atomic mass is 9.73. The molecule has 1 aromatic rings. The maximum absolute atomic E-state index is 13.2. The molecular weight excluding hydrogens is 421 g/mol. The van der Waals surface area contributed by atoms with Crippen molar-refractivity contribution in [2.24, 2.45) is 5.92 Å². The fraction of sp³-hybridized carbons (Fsp3) is 0.650. The Morgan fingerprint density at radius 3 is 2.43 bits per heavy atom. The van der Waals surface area contributed by atoms with Gasteiger partial charge in [-0.15, -0.1) is 0 Å². The van der Waals surface area contributed by atoms with Crippen molar-refractivity contribution >= 4 is 15.9 Å². The van der Waals surface area contributed by atoms with Crippen LogP contribution < -0.4 is 5.32 Å². The zero-order valence-electron chi connectivity index (χ0n) is 16.9. The summed E-state index contributed by atoms with van der Waals surface area (Å²) in [6.07, 6.45) is -1.41. The molecular formula is C20H27F3N2O4S. The zero-order chi connectivity index (χ0) is 22.0. The van der Waals surface area contributed by atoms with Gasteiger partial charge in [0.15, 0.2) is 0 Å². The van der Waals surface area contributed by atoms with E-state index >= 15 is 0 Å². The van der Waals surface area contributed by atoms with Gasteiger partial charge in [-0.1, -0.05) is 18.2 Å². The van der Waals surface area contributed by atoms with Gasteiger partial charge in [0.05, 0.1) is 17.2 Å². The van der Waals surface area contributed by atoms with Crippen LogP contribution in [0.1, 0.15) is 36.8 Å². The zero-order valence-corrected chi connectivity index (χ0v) is 17.7. The van der Waals surface area contributed by atoms with Crippen molar-refractivity contribution in [3.8, 4) is 0 Å². The van der Waals surface area contributed by atoms with Crippen molar-refractivity contribution in [3.63, 3.8) is 0 Å². The highest BCUT2D eigenvalue weighted by molar-refractivity contribution is 7.88. The summed E-state index contributed by atoms with van der Waals surface area (Å²) in [6.45, 7) is 1.79. The summed E-state index contributed by atoms with van der Waals surface area (Å²) in [7, 11) is -3.22. The Hall–Kier alpha value is -1.65. The highest BCUT2D eigenvalue weighted by Gasteiger charge is 2.43. The maximum atomic E-state index is 13.2. The Bertz CT molecular complexity index is 859. The van der Waals surface area contributed by atoms with Gasteiger partial charge in [-0.3, -0.25) is 4.79 Å². The van der Waals surface area contributed by atoms with E-state index < -0.39 is 27.2 Å². The molecule has 0 unspecified atom stereocenters.